The average molecular weight is 357 g/mol. The van der Waals surface area contributed by atoms with Gasteiger partial charge in [0.15, 0.2) is 0 Å². The molecule has 0 heterocycles. The molecule has 0 aromatic heterocycles. The second-order valence-corrected chi connectivity index (χ2v) is 7.63. The lowest BCUT2D eigenvalue weighted by Gasteiger charge is -2.46. The molecule has 0 spiro atoms. The summed E-state index contributed by atoms with van der Waals surface area (Å²) in [5.74, 6) is 0.490. The highest BCUT2D eigenvalue weighted by Gasteiger charge is 2.42. The molecule has 1 aliphatic carbocycles. The summed E-state index contributed by atoms with van der Waals surface area (Å²) in [4.78, 5) is 0. The highest BCUT2D eigenvalue weighted by Crippen LogP contribution is 2.40. The van der Waals surface area contributed by atoms with Crippen LogP contribution in [0.5, 0.6) is 0 Å². The van der Waals surface area contributed by atoms with E-state index in [-0.39, 0.29) is 5.54 Å². The van der Waals surface area contributed by atoms with Gasteiger partial charge < -0.3 is 10.6 Å². The summed E-state index contributed by atoms with van der Waals surface area (Å²) in [7, 11) is 2.07. The van der Waals surface area contributed by atoms with Crippen LogP contribution in [-0.4, -0.2) is 19.6 Å². The molecule has 2 aromatic carbocycles. The van der Waals surface area contributed by atoms with Crippen LogP contribution >= 0.6 is 11.6 Å². The van der Waals surface area contributed by atoms with Crippen LogP contribution in [0.15, 0.2) is 54.6 Å². The van der Waals surface area contributed by atoms with Gasteiger partial charge in [0.05, 0.1) is 5.54 Å². The van der Waals surface area contributed by atoms with Crippen molar-refractivity contribution in [2.24, 2.45) is 0 Å². The number of likely N-dealkylation sites (N-methyl/N-ethyl adjacent to an activating group) is 1. The molecule has 1 aliphatic rings. The molecular formula is C22H29ClN2. The molecule has 2 nitrogen and oxygen atoms in total. The third-order valence-electron chi connectivity index (χ3n) is 5.75. The third kappa shape index (κ3) is 3.92. The van der Waals surface area contributed by atoms with E-state index in [2.05, 4.69) is 67.1 Å². The Kier molecular flexibility index (Phi) is 6.16. The van der Waals surface area contributed by atoms with Crippen molar-refractivity contribution >= 4 is 11.6 Å². The van der Waals surface area contributed by atoms with Crippen molar-refractivity contribution in [3.05, 3.63) is 70.7 Å². The highest BCUT2D eigenvalue weighted by molar-refractivity contribution is 6.31. The van der Waals surface area contributed by atoms with Gasteiger partial charge in [0.25, 0.3) is 0 Å². The Morgan fingerprint density at radius 1 is 1.08 bits per heavy atom. The molecule has 0 aliphatic heterocycles. The van der Waals surface area contributed by atoms with E-state index in [0.717, 1.165) is 18.0 Å². The summed E-state index contributed by atoms with van der Waals surface area (Å²) >= 11 is 6.58. The van der Waals surface area contributed by atoms with Crippen molar-refractivity contribution in [2.45, 2.75) is 50.1 Å². The largest absolute Gasteiger partial charge is 0.311 e. The van der Waals surface area contributed by atoms with Crippen LogP contribution in [0.2, 0.25) is 5.02 Å². The van der Waals surface area contributed by atoms with Gasteiger partial charge in [-0.1, -0.05) is 79.9 Å². The summed E-state index contributed by atoms with van der Waals surface area (Å²) in [6.45, 7) is 3.27. The van der Waals surface area contributed by atoms with Gasteiger partial charge in [-0.25, -0.2) is 0 Å². The van der Waals surface area contributed by atoms with E-state index in [1.807, 2.05) is 12.1 Å². The van der Waals surface area contributed by atoms with Crippen LogP contribution in [0.25, 0.3) is 0 Å². The first kappa shape index (κ1) is 18.4. The lowest BCUT2D eigenvalue weighted by atomic mass is 9.72. The molecule has 0 unspecified atom stereocenters. The zero-order valence-corrected chi connectivity index (χ0v) is 16.0. The average Bonchev–Trinajstić information content (AvgIpc) is 2.67. The topological polar surface area (TPSA) is 24.1 Å². The Hall–Kier alpha value is -1.35. The molecule has 3 atom stereocenters. The lowest BCUT2D eigenvalue weighted by Crippen LogP contribution is -2.58. The van der Waals surface area contributed by atoms with Crippen LogP contribution in [0.3, 0.4) is 0 Å². The van der Waals surface area contributed by atoms with Gasteiger partial charge in [-0.3, -0.25) is 0 Å². The number of benzene rings is 2. The third-order valence-corrected chi connectivity index (χ3v) is 6.08. The predicted octanol–water partition coefficient (Wildman–Crippen LogP) is 5.09. The number of nitrogens with one attached hydrogen (secondary N) is 2. The van der Waals surface area contributed by atoms with E-state index in [1.165, 1.54) is 30.4 Å². The van der Waals surface area contributed by atoms with Crippen molar-refractivity contribution in [3.63, 3.8) is 0 Å². The summed E-state index contributed by atoms with van der Waals surface area (Å²) in [5.41, 5.74) is 2.52. The van der Waals surface area contributed by atoms with Gasteiger partial charge in [0.1, 0.15) is 0 Å². The molecule has 2 aromatic rings. The van der Waals surface area contributed by atoms with Crippen LogP contribution in [0.4, 0.5) is 0 Å². The quantitative estimate of drug-likeness (QED) is 0.753. The van der Waals surface area contributed by atoms with Crippen LogP contribution in [0.1, 0.15) is 49.7 Å². The first-order valence-electron chi connectivity index (χ1n) is 9.39. The molecule has 2 N–H and O–H groups in total. The first-order chi connectivity index (χ1) is 12.2. The molecule has 1 saturated carbocycles. The van der Waals surface area contributed by atoms with Gasteiger partial charge in [0, 0.05) is 17.6 Å². The Morgan fingerprint density at radius 3 is 2.52 bits per heavy atom. The Labute approximate surface area is 157 Å². The number of halogens is 1. The predicted molar refractivity (Wildman–Crippen MR) is 107 cm³/mol. The van der Waals surface area contributed by atoms with Gasteiger partial charge in [0.2, 0.25) is 0 Å². The van der Waals surface area contributed by atoms with Crippen molar-refractivity contribution < 1.29 is 0 Å². The highest BCUT2D eigenvalue weighted by atomic mass is 35.5. The molecular weight excluding hydrogens is 328 g/mol. The zero-order valence-electron chi connectivity index (χ0n) is 15.3. The number of hydrogen-bond acceptors (Lipinski definition) is 2. The molecule has 134 valence electrons. The van der Waals surface area contributed by atoms with Gasteiger partial charge in [-0.15, -0.1) is 0 Å². The Balaban J connectivity index is 1.79. The SMILES string of the molecule is CN[C@@]1(c2ccccc2Cl)CCCC[C@@H]1NC[C@@H](C)c1ccccc1. The molecule has 1 fully saturated rings. The lowest BCUT2D eigenvalue weighted by molar-refractivity contribution is 0.176. The molecule has 25 heavy (non-hydrogen) atoms. The summed E-state index contributed by atoms with van der Waals surface area (Å²) in [6.07, 6.45) is 4.79. The van der Waals surface area contributed by atoms with Crippen molar-refractivity contribution in [2.75, 3.05) is 13.6 Å². The fraction of sp³-hybridized carbons (Fsp3) is 0.455. The summed E-state index contributed by atoms with van der Waals surface area (Å²) < 4.78 is 0. The maximum atomic E-state index is 6.58. The minimum absolute atomic E-state index is 0.0903. The van der Waals surface area contributed by atoms with E-state index in [9.17, 15) is 0 Å². The first-order valence-corrected chi connectivity index (χ1v) is 9.77. The molecule has 0 saturated heterocycles. The fourth-order valence-corrected chi connectivity index (χ4v) is 4.55. The van der Waals surface area contributed by atoms with Crippen LogP contribution in [0, 0.1) is 0 Å². The van der Waals surface area contributed by atoms with Crippen LogP contribution in [-0.2, 0) is 5.54 Å². The van der Waals surface area contributed by atoms with Crippen molar-refractivity contribution in [3.8, 4) is 0 Å². The summed E-state index contributed by atoms with van der Waals surface area (Å²) in [6, 6.07) is 19.4. The van der Waals surface area contributed by atoms with E-state index in [0.29, 0.717) is 12.0 Å². The molecule has 3 rings (SSSR count). The smallest absolute Gasteiger partial charge is 0.0602 e. The zero-order chi connectivity index (χ0) is 17.7. The Morgan fingerprint density at radius 2 is 1.80 bits per heavy atom. The van der Waals surface area contributed by atoms with Gasteiger partial charge in [-0.05, 0) is 43.0 Å². The second kappa shape index (κ2) is 8.35. The molecule has 0 amide bonds. The van der Waals surface area contributed by atoms with Crippen molar-refractivity contribution in [1.29, 1.82) is 0 Å². The molecule has 0 bridgehead atoms. The summed E-state index contributed by atoms with van der Waals surface area (Å²) in [5, 5.41) is 8.37. The van der Waals surface area contributed by atoms with Crippen molar-refractivity contribution in [1.82, 2.24) is 10.6 Å². The minimum atomic E-state index is -0.0903. The standard InChI is InChI=1S/C22H29ClN2/c1-17(18-10-4-3-5-11-18)16-25-21-14-8-9-15-22(21,24-2)19-12-6-7-13-20(19)23/h3-7,10-13,17,21,24-25H,8-9,14-16H2,1-2H3/t17-,21+,22-/m1/s1. The van der Waals surface area contributed by atoms with E-state index >= 15 is 0 Å². The molecule has 3 heteroatoms. The minimum Gasteiger partial charge on any atom is -0.311 e. The second-order valence-electron chi connectivity index (χ2n) is 7.22. The number of hydrogen-bond donors (Lipinski definition) is 2. The number of rotatable bonds is 6. The van der Waals surface area contributed by atoms with Gasteiger partial charge in [-0.2, -0.15) is 0 Å². The molecule has 0 radical (unpaired) electrons. The van der Waals surface area contributed by atoms with Crippen LogP contribution < -0.4 is 10.6 Å². The van der Waals surface area contributed by atoms with E-state index in [1.54, 1.807) is 0 Å². The Bertz CT molecular complexity index is 673. The van der Waals surface area contributed by atoms with E-state index in [4.69, 9.17) is 11.6 Å². The monoisotopic (exact) mass is 356 g/mol. The van der Waals surface area contributed by atoms with E-state index < -0.39 is 0 Å². The normalized spacial score (nSPS) is 24.8. The van der Waals surface area contributed by atoms with Gasteiger partial charge >= 0.3 is 0 Å². The fourth-order valence-electron chi connectivity index (χ4n) is 4.25. The maximum absolute atomic E-state index is 6.58. The maximum Gasteiger partial charge on any atom is 0.0602 e.